The molecule has 1 aliphatic carbocycles. The van der Waals surface area contributed by atoms with Gasteiger partial charge in [0.05, 0.1) is 0 Å². The summed E-state index contributed by atoms with van der Waals surface area (Å²) in [6.07, 6.45) is 6.48. The third kappa shape index (κ3) is 4.70. The lowest BCUT2D eigenvalue weighted by Crippen LogP contribution is -2.37. The molecule has 2 nitrogen and oxygen atoms in total. The fraction of sp³-hybridized carbons (Fsp3) is 0.667. The maximum atomic E-state index is 13.6. The van der Waals surface area contributed by atoms with Crippen LogP contribution in [-0.2, 0) is 6.54 Å². The van der Waals surface area contributed by atoms with Crippen molar-refractivity contribution in [2.45, 2.75) is 71.0 Å². The van der Waals surface area contributed by atoms with Crippen molar-refractivity contribution in [1.29, 1.82) is 0 Å². The van der Waals surface area contributed by atoms with E-state index in [2.05, 4.69) is 38.0 Å². The van der Waals surface area contributed by atoms with Crippen LogP contribution in [0.5, 0.6) is 0 Å². The lowest BCUT2D eigenvalue weighted by Gasteiger charge is -2.34. The number of nitrogens with one attached hydrogen (secondary N) is 1. The number of anilines is 1. The van der Waals surface area contributed by atoms with E-state index in [0.717, 1.165) is 5.56 Å². The maximum Gasteiger partial charge on any atom is 0.123 e. The van der Waals surface area contributed by atoms with E-state index in [4.69, 9.17) is 0 Å². The second-order valence-corrected chi connectivity index (χ2v) is 7.28. The highest BCUT2D eigenvalue weighted by atomic mass is 19.1. The minimum absolute atomic E-state index is 0.0347. The van der Waals surface area contributed by atoms with Crippen LogP contribution in [0.25, 0.3) is 0 Å². The molecule has 0 radical (unpaired) electrons. The molecular formula is C18H29FN2. The SMILES string of the molecule is CN(c1ccc(F)cc1CNC(C)(C)C)C1CCCCC1. The highest BCUT2D eigenvalue weighted by Gasteiger charge is 2.21. The van der Waals surface area contributed by atoms with Crippen LogP contribution in [0.1, 0.15) is 58.4 Å². The van der Waals surface area contributed by atoms with Gasteiger partial charge in [-0.25, -0.2) is 4.39 Å². The maximum absolute atomic E-state index is 13.6. The molecule has 0 bridgehead atoms. The molecule has 1 aromatic rings. The Kier molecular flexibility index (Phi) is 5.26. The van der Waals surface area contributed by atoms with Crippen LogP contribution < -0.4 is 10.2 Å². The molecule has 0 amide bonds. The fourth-order valence-corrected chi connectivity index (χ4v) is 3.07. The fourth-order valence-electron chi connectivity index (χ4n) is 3.07. The standard InChI is InChI=1S/C18H29FN2/c1-18(2,3)20-13-14-12-15(19)10-11-17(14)21(4)16-8-6-5-7-9-16/h10-12,16,20H,5-9,13H2,1-4H3. The van der Waals surface area contributed by atoms with Gasteiger partial charge < -0.3 is 10.2 Å². The second-order valence-electron chi connectivity index (χ2n) is 7.28. The molecule has 1 fully saturated rings. The molecule has 21 heavy (non-hydrogen) atoms. The average Bonchev–Trinajstić information content (AvgIpc) is 2.45. The first kappa shape index (κ1) is 16.3. The summed E-state index contributed by atoms with van der Waals surface area (Å²) in [6, 6.07) is 5.78. The summed E-state index contributed by atoms with van der Waals surface area (Å²) < 4.78 is 13.6. The molecule has 2 rings (SSSR count). The Morgan fingerprint density at radius 3 is 2.48 bits per heavy atom. The first-order chi connectivity index (χ1) is 9.87. The van der Waals surface area contributed by atoms with E-state index >= 15 is 0 Å². The van der Waals surface area contributed by atoms with E-state index in [0.29, 0.717) is 12.6 Å². The Hall–Kier alpha value is -1.09. The van der Waals surface area contributed by atoms with Crippen molar-refractivity contribution in [3.8, 4) is 0 Å². The summed E-state index contributed by atoms with van der Waals surface area (Å²) in [5.74, 6) is -0.151. The smallest absolute Gasteiger partial charge is 0.123 e. The number of hydrogen-bond donors (Lipinski definition) is 1. The van der Waals surface area contributed by atoms with Crippen LogP contribution in [0.4, 0.5) is 10.1 Å². The normalized spacial score (nSPS) is 17.0. The van der Waals surface area contributed by atoms with Crippen LogP contribution in [0, 0.1) is 5.82 Å². The number of benzene rings is 1. The Labute approximate surface area is 128 Å². The van der Waals surface area contributed by atoms with Gasteiger partial charge in [0, 0.05) is 30.9 Å². The molecule has 0 atom stereocenters. The number of halogens is 1. The van der Waals surface area contributed by atoms with Crippen LogP contribution in [0.3, 0.4) is 0 Å². The van der Waals surface area contributed by atoms with E-state index in [-0.39, 0.29) is 11.4 Å². The Balaban J connectivity index is 2.17. The minimum Gasteiger partial charge on any atom is -0.371 e. The summed E-state index contributed by atoms with van der Waals surface area (Å²) in [5, 5.41) is 3.47. The monoisotopic (exact) mass is 292 g/mol. The molecule has 0 spiro atoms. The zero-order valence-corrected chi connectivity index (χ0v) is 13.9. The summed E-state index contributed by atoms with van der Waals surface area (Å²) in [4.78, 5) is 2.36. The number of nitrogens with zero attached hydrogens (tertiary/aromatic N) is 1. The van der Waals surface area contributed by atoms with Gasteiger partial charge in [0.25, 0.3) is 0 Å². The van der Waals surface area contributed by atoms with Crippen molar-refractivity contribution in [3.63, 3.8) is 0 Å². The molecule has 0 saturated heterocycles. The van der Waals surface area contributed by atoms with Gasteiger partial charge in [-0.1, -0.05) is 19.3 Å². The van der Waals surface area contributed by atoms with Crippen LogP contribution in [-0.4, -0.2) is 18.6 Å². The topological polar surface area (TPSA) is 15.3 Å². The van der Waals surface area contributed by atoms with E-state index in [1.165, 1.54) is 37.8 Å². The molecule has 1 aliphatic rings. The first-order valence-corrected chi connectivity index (χ1v) is 8.13. The van der Waals surface area contributed by atoms with E-state index < -0.39 is 0 Å². The molecule has 1 aromatic carbocycles. The van der Waals surface area contributed by atoms with Gasteiger partial charge in [0.2, 0.25) is 0 Å². The van der Waals surface area contributed by atoms with Crippen molar-refractivity contribution in [2.24, 2.45) is 0 Å². The van der Waals surface area contributed by atoms with E-state index in [9.17, 15) is 4.39 Å². The predicted molar refractivity (Wildman–Crippen MR) is 88.3 cm³/mol. The van der Waals surface area contributed by atoms with Gasteiger partial charge in [-0.15, -0.1) is 0 Å². The van der Waals surface area contributed by atoms with Gasteiger partial charge in [0.1, 0.15) is 5.82 Å². The van der Waals surface area contributed by atoms with Gasteiger partial charge >= 0.3 is 0 Å². The molecule has 0 unspecified atom stereocenters. The molecule has 1 saturated carbocycles. The van der Waals surface area contributed by atoms with Crippen LogP contribution in [0.15, 0.2) is 18.2 Å². The zero-order chi connectivity index (χ0) is 15.5. The molecule has 0 heterocycles. The molecule has 0 aliphatic heterocycles. The lowest BCUT2D eigenvalue weighted by atomic mass is 9.93. The van der Waals surface area contributed by atoms with Gasteiger partial charge in [-0.2, -0.15) is 0 Å². The lowest BCUT2D eigenvalue weighted by molar-refractivity contribution is 0.417. The van der Waals surface area contributed by atoms with E-state index in [1.54, 1.807) is 12.1 Å². The summed E-state index contributed by atoms with van der Waals surface area (Å²) in [5.41, 5.74) is 2.26. The number of hydrogen-bond acceptors (Lipinski definition) is 2. The quantitative estimate of drug-likeness (QED) is 0.880. The Bertz CT molecular complexity index is 459. The third-order valence-corrected chi connectivity index (χ3v) is 4.35. The second kappa shape index (κ2) is 6.78. The van der Waals surface area contributed by atoms with Crippen molar-refractivity contribution in [3.05, 3.63) is 29.6 Å². The van der Waals surface area contributed by atoms with Crippen molar-refractivity contribution < 1.29 is 4.39 Å². The van der Waals surface area contributed by atoms with Crippen molar-refractivity contribution >= 4 is 5.69 Å². The van der Waals surface area contributed by atoms with Gasteiger partial charge in [0.15, 0.2) is 0 Å². The van der Waals surface area contributed by atoms with E-state index in [1.807, 2.05) is 6.07 Å². The van der Waals surface area contributed by atoms with Crippen molar-refractivity contribution in [2.75, 3.05) is 11.9 Å². The molecule has 3 heteroatoms. The van der Waals surface area contributed by atoms with Crippen LogP contribution >= 0.6 is 0 Å². The minimum atomic E-state index is -0.151. The highest BCUT2D eigenvalue weighted by Crippen LogP contribution is 2.29. The van der Waals surface area contributed by atoms with Crippen molar-refractivity contribution in [1.82, 2.24) is 5.32 Å². The predicted octanol–water partition coefficient (Wildman–Crippen LogP) is 4.48. The zero-order valence-electron chi connectivity index (χ0n) is 13.9. The first-order valence-electron chi connectivity index (χ1n) is 8.13. The Morgan fingerprint density at radius 2 is 1.86 bits per heavy atom. The van der Waals surface area contributed by atoms with Gasteiger partial charge in [-0.05, 0) is 57.4 Å². The molecular weight excluding hydrogens is 263 g/mol. The Morgan fingerprint density at radius 1 is 1.19 bits per heavy atom. The largest absolute Gasteiger partial charge is 0.371 e. The third-order valence-electron chi connectivity index (χ3n) is 4.35. The summed E-state index contributed by atoms with van der Waals surface area (Å²) in [7, 11) is 2.16. The molecule has 118 valence electrons. The summed E-state index contributed by atoms with van der Waals surface area (Å²) >= 11 is 0. The number of rotatable bonds is 4. The average molecular weight is 292 g/mol. The van der Waals surface area contributed by atoms with Crippen LogP contribution in [0.2, 0.25) is 0 Å². The molecule has 1 N–H and O–H groups in total. The summed E-state index contributed by atoms with van der Waals surface area (Å²) in [6.45, 7) is 7.11. The highest BCUT2D eigenvalue weighted by molar-refractivity contribution is 5.54. The molecule has 0 aromatic heterocycles. The van der Waals surface area contributed by atoms with Gasteiger partial charge in [-0.3, -0.25) is 0 Å².